The van der Waals surface area contributed by atoms with Gasteiger partial charge >= 0.3 is 11.9 Å². The number of fused-ring (bicyclic) bond motifs is 1. The number of aliphatic carboxylic acids is 2. The van der Waals surface area contributed by atoms with Crippen molar-refractivity contribution in [2.24, 2.45) is 0 Å². The molecule has 2 aromatic carbocycles. The molecule has 0 bridgehead atoms. The molecular formula is C24H28ClFN4O8S. The Morgan fingerprint density at radius 2 is 1.67 bits per heavy atom. The second-order valence-corrected chi connectivity index (χ2v) is 11.2. The van der Waals surface area contributed by atoms with Gasteiger partial charge in [0.1, 0.15) is 5.82 Å². The van der Waals surface area contributed by atoms with Crippen molar-refractivity contribution in [3.05, 3.63) is 52.9 Å². The molecular weight excluding hydrogens is 559 g/mol. The van der Waals surface area contributed by atoms with Crippen LogP contribution in [0.4, 0.5) is 10.1 Å². The Labute approximate surface area is 228 Å². The van der Waals surface area contributed by atoms with Gasteiger partial charge in [0, 0.05) is 16.5 Å². The standard InChI is InChI=1S/C20H22ClFN4O2S.C4H6O6/c1-13-17-11-14(21)3-6-20(17)26(24-13)29(27,28)16-4-5-18(22)19(12-16)23-15-7-9-25(2)10-8-15;5-1(3(7)8)2(6)4(9)10/h3-6,11-12,15,23H,7-10H2,1-2H3;1-2,5-6H,(H,7,8)(H,9,10)/t;1-,2-/m.1/s1. The Hall–Kier alpha value is -3.30. The smallest absolute Gasteiger partial charge is 0.335 e. The molecule has 1 aliphatic heterocycles. The number of benzene rings is 2. The zero-order valence-corrected chi connectivity index (χ0v) is 22.5. The fourth-order valence-electron chi connectivity index (χ4n) is 3.91. The Kier molecular flexibility index (Phi) is 9.51. The minimum absolute atomic E-state index is 0.0197. The molecule has 5 N–H and O–H groups in total. The average Bonchev–Trinajstić information content (AvgIpc) is 3.22. The van der Waals surface area contributed by atoms with Gasteiger partial charge in [-0.3, -0.25) is 0 Å². The molecule has 3 aromatic rings. The van der Waals surface area contributed by atoms with E-state index < -0.39 is 40.0 Å². The number of halogens is 2. The van der Waals surface area contributed by atoms with Crippen LogP contribution in [0.5, 0.6) is 0 Å². The summed E-state index contributed by atoms with van der Waals surface area (Å²) in [4.78, 5) is 21.7. The van der Waals surface area contributed by atoms with Crippen LogP contribution < -0.4 is 5.32 Å². The first-order chi connectivity index (χ1) is 18.2. The van der Waals surface area contributed by atoms with E-state index in [2.05, 4.69) is 15.3 Å². The number of aryl methyl sites for hydroxylation is 1. The van der Waals surface area contributed by atoms with Crippen molar-refractivity contribution in [1.29, 1.82) is 0 Å². The summed E-state index contributed by atoms with van der Waals surface area (Å²) in [5.41, 5.74) is 1.18. The van der Waals surface area contributed by atoms with Crippen molar-refractivity contribution >= 4 is 50.2 Å². The maximum absolute atomic E-state index is 14.4. The van der Waals surface area contributed by atoms with E-state index in [4.69, 9.17) is 32.0 Å². The van der Waals surface area contributed by atoms with Crippen LogP contribution in [0.3, 0.4) is 0 Å². The number of aliphatic hydroxyl groups excluding tert-OH is 2. The Bertz CT molecular complexity index is 1460. The van der Waals surface area contributed by atoms with Crippen LogP contribution in [0, 0.1) is 12.7 Å². The number of rotatable bonds is 7. The third-order valence-electron chi connectivity index (χ3n) is 6.14. The van der Waals surface area contributed by atoms with E-state index in [-0.39, 0.29) is 16.6 Å². The first-order valence-electron chi connectivity index (χ1n) is 11.7. The highest BCUT2D eigenvalue weighted by atomic mass is 35.5. The highest BCUT2D eigenvalue weighted by Gasteiger charge is 2.29. The van der Waals surface area contributed by atoms with Crippen LogP contribution >= 0.6 is 11.6 Å². The van der Waals surface area contributed by atoms with Gasteiger partial charge in [-0.15, -0.1) is 0 Å². The molecule has 0 spiro atoms. The molecule has 12 nitrogen and oxygen atoms in total. The minimum Gasteiger partial charge on any atom is -0.479 e. The first kappa shape index (κ1) is 30.2. The lowest BCUT2D eigenvalue weighted by atomic mass is 10.1. The normalized spacial score (nSPS) is 16.3. The first-order valence-corrected chi connectivity index (χ1v) is 13.5. The van der Waals surface area contributed by atoms with Crippen LogP contribution in [-0.2, 0) is 19.6 Å². The maximum Gasteiger partial charge on any atom is 0.335 e. The van der Waals surface area contributed by atoms with Gasteiger partial charge in [0.05, 0.1) is 21.8 Å². The SMILES string of the molecule is Cc1nn(S(=O)(=O)c2ccc(F)c(NC3CCN(C)CC3)c2)c2ccc(Cl)cc12.O=C(O)[C@H](O)[C@@H](O)C(=O)O. The van der Waals surface area contributed by atoms with Crippen molar-refractivity contribution in [3.63, 3.8) is 0 Å². The molecule has 39 heavy (non-hydrogen) atoms. The molecule has 15 heteroatoms. The summed E-state index contributed by atoms with van der Waals surface area (Å²) in [7, 11) is -1.95. The number of aromatic nitrogens is 2. The van der Waals surface area contributed by atoms with Crippen molar-refractivity contribution in [1.82, 2.24) is 14.1 Å². The number of likely N-dealkylation sites (tertiary alicyclic amines) is 1. The van der Waals surface area contributed by atoms with Gasteiger partial charge in [0.2, 0.25) is 0 Å². The van der Waals surface area contributed by atoms with Crippen molar-refractivity contribution in [2.45, 2.75) is 42.9 Å². The molecule has 0 saturated carbocycles. The highest BCUT2D eigenvalue weighted by molar-refractivity contribution is 7.90. The highest BCUT2D eigenvalue weighted by Crippen LogP contribution is 2.28. The van der Waals surface area contributed by atoms with Gasteiger partial charge in [-0.2, -0.15) is 17.6 Å². The predicted molar refractivity (Wildman–Crippen MR) is 140 cm³/mol. The Balaban J connectivity index is 0.000000360. The molecule has 4 rings (SSSR count). The molecule has 0 unspecified atom stereocenters. The fraction of sp³-hybridized carbons (Fsp3) is 0.375. The number of carboxylic acids is 2. The van der Waals surface area contributed by atoms with E-state index in [0.29, 0.717) is 21.6 Å². The topological polar surface area (TPSA) is 182 Å². The third-order valence-corrected chi connectivity index (χ3v) is 7.96. The van der Waals surface area contributed by atoms with Gasteiger partial charge in [-0.05, 0) is 76.3 Å². The number of carboxylic acid groups (broad SMARTS) is 2. The molecule has 1 saturated heterocycles. The maximum atomic E-state index is 14.4. The zero-order chi connectivity index (χ0) is 29.1. The van der Waals surface area contributed by atoms with Crippen LogP contribution in [0.2, 0.25) is 5.02 Å². The molecule has 2 heterocycles. The summed E-state index contributed by atoms with van der Waals surface area (Å²) in [6.07, 6.45) is -2.79. The van der Waals surface area contributed by atoms with Crippen molar-refractivity contribution < 1.29 is 42.8 Å². The van der Waals surface area contributed by atoms with E-state index in [1.165, 1.54) is 18.2 Å². The summed E-state index contributed by atoms with van der Waals surface area (Å²) in [5.74, 6) is -4.01. The lowest BCUT2D eigenvalue weighted by molar-refractivity contribution is -0.165. The van der Waals surface area contributed by atoms with Gasteiger partial charge in [0.15, 0.2) is 12.2 Å². The lowest BCUT2D eigenvalue weighted by Crippen LogP contribution is -2.39. The number of anilines is 1. The van der Waals surface area contributed by atoms with E-state index in [0.717, 1.165) is 30.0 Å². The van der Waals surface area contributed by atoms with E-state index >= 15 is 0 Å². The van der Waals surface area contributed by atoms with E-state index in [1.54, 1.807) is 25.1 Å². The lowest BCUT2D eigenvalue weighted by Gasteiger charge is -2.30. The zero-order valence-electron chi connectivity index (χ0n) is 21.0. The van der Waals surface area contributed by atoms with Gasteiger partial charge in [0.25, 0.3) is 10.0 Å². The number of nitrogens with one attached hydrogen (secondary N) is 1. The van der Waals surface area contributed by atoms with Crippen molar-refractivity contribution in [2.75, 3.05) is 25.5 Å². The van der Waals surface area contributed by atoms with E-state index in [1.807, 2.05) is 7.05 Å². The third kappa shape index (κ3) is 7.02. The quantitative estimate of drug-likeness (QED) is 0.272. The molecule has 212 valence electrons. The molecule has 1 aliphatic rings. The van der Waals surface area contributed by atoms with Crippen LogP contribution in [-0.4, -0.2) is 93.3 Å². The van der Waals surface area contributed by atoms with Gasteiger partial charge in [-0.25, -0.2) is 14.0 Å². The summed E-state index contributed by atoms with van der Waals surface area (Å²) < 4.78 is 41.9. The number of hydrogen-bond donors (Lipinski definition) is 5. The van der Waals surface area contributed by atoms with Crippen LogP contribution in [0.25, 0.3) is 10.9 Å². The fourth-order valence-corrected chi connectivity index (χ4v) is 5.44. The molecule has 0 aliphatic carbocycles. The second-order valence-electron chi connectivity index (χ2n) is 9.02. The number of nitrogens with zero attached hydrogens (tertiary/aromatic N) is 3. The van der Waals surface area contributed by atoms with Crippen molar-refractivity contribution in [3.8, 4) is 0 Å². The number of carbonyl (C=O) groups is 2. The second kappa shape index (κ2) is 12.3. The number of aliphatic hydroxyl groups is 2. The van der Waals surface area contributed by atoms with Crippen LogP contribution in [0.1, 0.15) is 18.5 Å². The molecule has 2 atom stereocenters. The largest absolute Gasteiger partial charge is 0.479 e. The van der Waals surface area contributed by atoms with Gasteiger partial charge in [-0.1, -0.05) is 11.6 Å². The number of hydrogen-bond acceptors (Lipinski definition) is 9. The average molecular weight is 587 g/mol. The van der Waals surface area contributed by atoms with Gasteiger partial charge < -0.3 is 30.6 Å². The Morgan fingerprint density at radius 3 is 2.23 bits per heavy atom. The molecule has 0 amide bonds. The summed E-state index contributed by atoms with van der Waals surface area (Å²) in [6, 6.07) is 8.83. The Morgan fingerprint density at radius 1 is 1.08 bits per heavy atom. The summed E-state index contributed by atoms with van der Waals surface area (Å²) >= 11 is 6.03. The molecule has 1 fully saturated rings. The summed E-state index contributed by atoms with van der Waals surface area (Å²) in [6.45, 7) is 3.55. The van der Waals surface area contributed by atoms with E-state index in [9.17, 15) is 22.4 Å². The minimum atomic E-state index is -4.00. The number of piperidine rings is 1. The van der Waals surface area contributed by atoms with Crippen LogP contribution in [0.15, 0.2) is 41.3 Å². The predicted octanol–water partition coefficient (Wildman–Crippen LogP) is 1.76. The molecule has 0 radical (unpaired) electrons. The monoisotopic (exact) mass is 586 g/mol. The summed E-state index contributed by atoms with van der Waals surface area (Å²) in [5, 5.41) is 41.1. The molecule has 1 aromatic heterocycles.